The van der Waals surface area contributed by atoms with E-state index in [-0.39, 0.29) is 23.4 Å². The van der Waals surface area contributed by atoms with Gasteiger partial charge in [-0.25, -0.2) is 12.8 Å². The molecule has 1 atom stereocenters. The minimum absolute atomic E-state index is 0.0202. The van der Waals surface area contributed by atoms with Gasteiger partial charge in [0, 0.05) is 32.1 Å². The fourth-order valence-electron chi connectivity index (χ4n) is 2.95. The predicted octanol–water partition coefficient (Wildman–Crippen LogP) is 1.89. The first kappa shape index (κ1) is 18.9. The maximum Gasteiger partial charge on any atom is 0.225 e. The second-order valence-electron chi connectivity index (χ2n) is 6.27. The number of amides is 1. The minimum Gasteiger partial charge on any atom is -0.340 e. The van der Waals surface area contributed by atoms with Gasteiger partial charge in [0.2, 0.25) is 15.9 Å². The second kappa shape index (κ2) is 8.07. The van der Waals surface area contributed by atoms with Crippen LogP contribution in [-0.2, 0) is 21.2 Å². The molecule has 0 N–H and O–H groups in total. The van der Waals surface area contributed by atoms with Gasteiger partial charge in [-0.15, -0.1) is 0 Å². The molecule has 0 bridgehead atoms. The molecule has 24 heavy (non-hydrogen) atoms. The minimum atomic E-state index is -3.20. The third-order valence-corrected chi connectivity index (χ3v) is 6.36. The van der Waals surface area contributed by atoms with Crippen molar-refractivity contribution < 1.29 is 17.6 Å². The molecule has 1 aromatic carbocycles. The number of rotatable bonds is 6. The van der Waals surface area contributed by atoms with E-state index in [9.17, 15) is 17.6 Å². The molecule has 5 nitrogen and oxygen atoms in total. The van der Waals surface area contributed by atoms with Gasteiger partial charge in [0.05, 0.1) is 5.75 Å². The van der Waals surface area contributed by atoms with E-state index < -0.39 is 10.0 Å². The molecule has 2 rings (SSSR count). The second-order valence-corrected chi connectivity index (χ2v) is 8.36. The van der Waals surface area contributed by atoms with E-state index in [0.29, 0.717) is 39.0 Å². The molecule has 0 aliphatic carbocycles. The topological polar surface area (TPSA) is 57.7 Å². The van der Waals surface area contributed by atoms with Gasteiger partial charge < -0.3 is 4.90 Å². The van der Waals surface area contributed by atoms with Crippen molar-refractivity contribution in [3.05, 3.63) is 35.6 Å². The van der Waals surface area contributed by atoms with Crippen LogP contribution in [0.25, 0.3) is 0 Å². The molecule has 1 aromatic rings. The van der Waals surface area contributed by atoms with Crippen molar-refractivity contribution in [1.82, 2.24) is 9.21 Å². The van der Waals surface area contributed by atoms with Crippen molar-refractivity contribution in [3.63, 3.8) is 0 Å². The van der Waals surface area contributed by atoms with Crippen LogP contribution in [0.1, 0.15) is 25.8 Å². The predicted molar refractivity (Wildman–Crippen MR) is 91.5 cm³/mol. The quantitative estimate of drug-likeness (QED) is 0.782. The lowest BCUT2D eigenvalue weighted by atomic mass is 9.99. The fraction of sp³-hybridized carbons (Fsp3) is 0.588. The third-order valence-electron chi connectivity index (χ3n) is 4.28. The molecule has 7 heteroatoms. The van der Waals surface area contributed by atoms with Gasteiger partial charge in [-0.3, -0.25) is 4.79 Å². The van der Waals surface area contributed by atoms with E-state index >= 15 is 0 Å². The average molecular weight is 356 g/mol. The average Bonchev–Trinajstić information content (AvgIpc) is 2.56. The molecule has 1 saturated heterocycles. The Hall–Kier alpha value is -1.47. The lowest BCUT2D eigenvalue weighted by molar-refractivity contribution is -0.136. The zero-order chi connectivity index (χ0) is 17.7. The summed E-state index contributed by atoms with van der Waals surface area (Å²) < 4.78 is 38.5. The molecule has 1 aliphatic heterocycles. The van der Waals surface area contributed by atoms with Gasteiger partial charge in [0.25, 0.3) is 0 Å². The Kier molecular flexibility index (Phi) is 6.34. The van der Waals surface area contributed by atoms with Crippen LogP contribution < -0.4 is 0 Å². The third kappa shape index (κ3) is 4.77. The van der Waals surface area contributed by atoms with Crippen molar-refractivity contribution in [3.8, 4) is 0 Å². The van der Waals surface area contributed by atoms with Crippen molar-refractivity contribution in [2.45, 2.75) is 26.7 Å². The van der Waals surface area contributed by atoms with E-state index in [1.807, 2.05) is 13.8 Å². The Labute approximate surface area is 143 Å². The molecular weight excluding hydrogens is 331 g/mol. The summed E-state index contributed by atoms with van der Waals surface area (Å²) in [5.74, 6) is -0.328. The van der Waals surface area contributed by atoms with E-state index in [1.165, 1.54) is 16.4 Å². The molecule has 1 heterocycles. The molecule has 0 radical (unpaired) electrons. The molecule has 0 spiro atoms. The Morgan fingerprint density at radius 2 is 1.75 bits per heavy atom. The lowest BCUT2D eigenvalue weighted by Gasteiger charge is -2.35. The first-order valence-electron chi connectivity index (χ1n) is 8.34. The van der Waals surface area contributed by atoms with Crippen LogP contribution in [0, 0.1) is 11.7 Å². The van der Waals surface area contributed by atoms with Gasteiger partial charge in [-0.1, -0.05) is 26.0 Å². The van der Waals surface area contributed by atoms with Crippen LogP contribution in [0.3, 0.4) is 0 Å². The number of sulfonamides is 1. The molecule has 1 unspecified atom stereocenters. The highest BCUT2D eigenvalue weighted by Gasteiger charge is 2.29. The molecule has 134 valence electrons. The first-order valence-corrected chi connectivity index (χ1v) is 9.95. The first-order chi connectivity index (χ1) is 11.3. The number of benzene rings is 1. The van der Waals surface area contributed by atoms with Crippen molar-refractivity contribution in [2.24, 2.45) is 5.92 Å². The Bertz CT molecular complexity index is 653. The standard InChI is InChI=1S/C17H25FN2O3S/c1-3-12-24(22,23)20-10-8-19(9-11-20)17(21)14(2)13-15-4-6-16(18)7-5-15/h4-7,14H,3,8-13H2,1-2H3. The highest BCUT2D eigenvalue weighted by molar-refractivity contribution is 7.89. The SMILES string of the molecule is CCCS(=O)(=O)N1CCN(C(=O)C(C)Cc2ccc(F)cc2)CC1. The van der Waals surface area contributed by atoms with Crippen LogP contribution in [0.4, 0.5) is 4.39 Å². The fourth-order valence-corrected chi connectivity index (χ4v) is 4.44. The number of piperazine rings is 1. The van der Waals surface area contributed by atoms with Crippen LogP contribution >= 0.6 is 0 Å². The summed E-state index contributed by atoms with van der Waals surface area (Å²) in [6, 6.07) is 6.16. The van der Waals surface area contributed by atoms with Crippen LogP contribution in [-0.4, -0.2) is 55.5 Å². The number of nitrogens with zero attached hydrogens (tertiary/aromatic N) is 2. The number of hydrogen-bond acceptors (Lipinski definition) is 3. The summed E-state index contributed by atoms with van der Waals surface area (Å²) in [6.45, 7) is 5.26. The van der Waals surface area contributed by atoms with Crippen molar-refractivity contribution in [2.75, 3.05) is 31.9 Å². The number of halogens is 1. The number of hydrogen-bond donors (Lipinski definition) is 0. The number of carbonyl (C=O) groups excluding carboxylic acids is 1. The van der Waals surface area contributed by atoms with E-state index in [0.717, 1.165) is 5.56 Å². The van der Waals surface area contributed by atoms with E-state index in [2.05, 4.69) is 0 Å². The summed E-state index contributed by atoms with van der Waals surface area (Å²) in [5, 5.41) is 0. The maximum atomic E-state index is 12.9. The summed E-state index contributed by atoms with van der Waals surface area (Å²) in [4.78, 5) is 14.3. The van der Waals surface area contributed by atoms with Gasteiger partial charge in [0.15, 0.2) is 0 Å². The summed E-state index contributed by atoms with van der Waals surface area (Å²) in [7, 11) is -3.20. The van der Waals surface area contributed by atoms with E-state index in [1.54, 1.807) is 17.0 Å². The number of carbonyl (C=O) groups is 1. The smallest absolute Gasteiger partial charge is 0.225 e. The summed E-state index contributed by atoms with van der Waals surface area (Å²) in [6.07, 6.45) is 1.14. The van der Waals surface area contributed by atoms with Crippen LogP contribution in [0.5, 0.6) is 0 Å². The van der Waals surface area contributed by atoms with Crippen LogP contribution in [0.15, 0.2) is 24.3 Å². The molecule has 1 fully saturated rings. The van der Waals surface area contributed by atoms with Gasteiger partial charge in [-0.2, -0.15) is 4.31 Å². The van der Waals surface area contributed by atoms with Gasteiger partial charge in [0.1, 0.15) is 5.82 Å². The lowest BCUT2D eigenvalue weighted by Crippen LogP contribution is -2.52. The summed E-state index contributed by atoms with van der Waals surface area (Å²) >= 11 is 0. The summed E-state index contributed by atoms with van der Waals surface area (Å²) in [5.41, 5.74) is 0.918. The zero-order valence-electron chi connectivity index (χ0n) is 14.2. The highest BCUT2D eigenvalue weighted by atomic mass is 32.2. The zero-order valence-corrected chi connectivity index (χ0v) is 15.1. The Morgan fingerprint density at radius 1 is 1.17 bits per heavy atom. The Balaban J connectivity index is 1.89. The van der Waals surface area contributed by atoms with Gasteiger partial charge >= 0.3 is 0 Å². The molecule has 1 aliphatic rings. The molecule has 0 saturated carbocycles. The molecule has 0 aromatic heterocycles. The van der Waals surface area contributed by atoms with Crippen molar-refractivity contribution >= 4 is 15.9 Å². The maximum absolute atomic E-state index is 12.9. The van der Waals surface area contributed by atoms with Crippen LogP contribution in [0.2, 0.25) is 0 Å². The normalized spacial score (nSPS) is 17.7. The van der Waals surface area contributed by atoms with Gasteiger partial charge in [-0.05, 0) is 30.5 Å². The largest absolute Gasteiger partial charge is 0.340 e. The molecule has 1 amide bonds. The molecular formula is C17H25FN2O3S. The monoisotopic (exact) mass is 356 g/mol. The van der Waals surface area contributed by atoms with E-state index in [4.69, 9.17) is 0 Å². The Morgan fingerprint density at radius 3 is 2.29 bits per heavy atom. The van der Waals surface area contributed by atoms with Crippen molar-refractivity contribution in [1.29, 1.82) is 0 Å². The highest BCUT2D eigenvalue weighted by Crippen LogP contribution is 2.15.